The first-order valence-corrected chi connectivity index (χ1v) is 12.9. The van der Waals surface area contributed by atoms with Crippen LogP contribution in [0, 0.1) is 52.3 Å². The summed E-state index contributed by atoms with van der Waals surface area (Å²) in [5.74, 6) is 5.57. The number of carbonyl (C=O) groups is 1. The van der Waals surface area contributed by atoms with E-state index in [1.54, 1.807) is 0 Å². The van der Waals surface area contributed by atoms with Crippen LogP contribution in [0.2, 0.25) is 0 Å². The van der Waals surface area contributed by atoms with Crippen LogP contribution in [-0.4, -0.2) is 17.0 Å². The molecule has 2 nitrogen and oxygen atoms in total. The van der Waals surface area contributed by atoms with E-state index in [1.807, 2.05) is 0 Å². The first-order chi connectivity index (χ1) is 13.7. The summed E-state index contributed by atoms with van der Waals surface area (Å²) in [7, 11) is 0. The molecular formula is C27H46O2. The van der Waals surface area contributed by atoms with Gasteiger partial charge in [-0.25, -0.2) is 0 Å². The van der Waals surface area contributed by atoms with Crippen LogP contribution in [0.15, 0.2) is 0 Å². The average molecular weight is 403 g/mol. The lowest BCUT2D eigenvalue weighted by Crippen LogP contribution is -2.58. The van der Waals surface area contributed by atoms with E-state index >= 15 is 0 Å². The van der Waals surface area contributed by atoms with Gasteiger partial charge in [0, 0.05) is 18.3 Å². The topological polar surface area (TPSA) is 37.3 Å². The lowest BCUT2D eigenvalue weighted by molar-refractivity contribution is -0.171. The van der Waals surface area contributed by atoms with Gasteiger partial charge in [0.1, 0.15) is 5.78 Å². The van der Waals surface area contributed by atoms with E-state index < -0.39 is 6.10 Å². The lowest BCUT2D eigenvalue weighted by atomic mass is 9.44. The van der Waals surface area contributed by atoms with Gasteiger partial charge >= 0.3 is 0 Å². The Balaban J connectivity index is 1.50. The van der Waals surface area contributed by atoms with Crippen molar-refractivity contribution >= 4 is 5.78 Å². The first kappa shape index (κ1) is 21.8. The molecule has 0 saturated heterocycles. The van der Waals surface area contributed by atoms with Crippen molar-refractivity contribution in [2.45, 2.75) is 111 Å². The van der Waals surface area contributed by atoms with Crippen molar-refractivity contribution in [3.63, 3.8) is 0 Å². The Hall–Kier alpha value is -0.370. The third kappa shape index (κ3) is 3.54. The Kier molecular flexibility index (Phi) is 5.99. The Labute approximate surface area is 179 Å². The predicted octanol–water partition coefficient (Wildman–Crippen LogP) is 6.65. The Morgan fingerprint density at radius 1 is 0.966 bits per heavy atom. The largest absolute Gasteiger partial charge is 0.392 e. The molecule has 0 aromatic carbocycles. The van der Waals surface area contributed by atoms with Crippen molar-refractivity contribution in [3.05, 3.63) is 0 Å². The van der Waals surface area contributed by atoms with Gasteiger partial charge in [0.25, 0.3) is 0 Å². The number of aliphatic hydroxyl groups excluding tert-OH is 1. The number of Topliss-reactive ketones (excluding diaryl/α,β-unsaturated/α-hetero) is 1. The molecule has 4 saturated carbocycles. The zero-order chi connectivity index (χ0) is 21.0. The van der Waals surface area contributed by atoms with Crippen LogP contribution < -0.4 is 0 Å². The van der Waals surface area contributed by atoms with E-state index in [0.29, 0.717) is 29.5 Å². The van der Waals surface area contributed by atoms with Gasteiger partial charge in [-0.15, -0.1) is 0 Å². The summed E-state index contributed by atoms with van der Waals surface area (Å²) in [6.07, 6.45) is 12.8. The fourth-order valence-electron chi connectivity index (χ4n) is 9.13. The van der Waals surface area contributed by atoms with Gasteiger partial charge in [-0.05, 0) is 85.4 Å². The molecule has 1 N–H and O–H groups in total. The number of carbonyl (C=O) groups excluding carboxylic acids is 1. The highest BCUT2D eigenvalue weighted by atomic mass is 16.3. The molecule has 4 aliphatic rings. The van der Waals surface area contributed by atoms with Crippen LogP contribution in [0.5, 0.6) is 0 Å². The minimum absolute atomic E-state index is 0.0148. The molecule has 4 aliphatic carbocycles. The smallest absolute Gasteiger partial charge is 0.135 e. The molecule has 4 rings (SSSR count). The van der Waals surface area contributed by atoms with Gasteiger partial charge in [-0.2, -0.15) is 0 Å². The fourth-order valence-corrected chi connectivity index (χ4v) is 9.13. The van der Waals surface area contributed by atoms with Crippen LogP contribution in [0.1, 0.15) is 105 Å². The number of rotatable bonds is 5. The molecule has 0 aromatic heterocycles. The van der Waals surface area contributed by atoms with Crippen molar-refractivity contribution < 1.29 is 9.90 Å². The zero-order valence-corrected chi connectivity index (χ0v) is 19.8. The summed E-state index contributed by atoms with van der Waals surface area (Å²) >= 11 is 0. The Morgan fingerprint density at radius 2 is 1.72 bits per heavy atom. The normalized spacial score (nSPS) is 48.2. The maximum atomic E-state index is 12.2. The molecule has 166 valence electrons. The van der Waals surface area contributed by atoms with E-state index in [4.69, 9.17) is 0 Å². The third-order valence-electron chi connectivity index (χ3n) is 10.8. The summed E-state index contributed by atoms with van der Waals surface area (Å²) < 4.78 is 0. The number of fused-ring (bicyclic) bond motifs is 5. The standard InChI is InChI=1S/C27H46O2/c1-17(2)7-6-8-18(3)22-11-12-23-21-10-9-19-15-20(28)16-25(29)27(19,5)24(21)13-14-26(22,23)4/h17-19,21-25,29H,6-16H2,1-5H3/t18-,19?,21+,22-,23+,24+,25?,26-,27+/m1/s1. The molecule has 0 spiro atoms. The summed E-state index contributed by atoms with van der Waals surface area (Å²) in [6.45, 7) is 12.2. The highest BCUT2D eigenvalue weighted by molar-refractivity contribution is 5.80. The molecule has 4 fully saturated rings. The highest BCUT2D eigenvalue weighted by Gasteiger charge is 2.62. The quantitative estimate of drug-likeness (QED) is 0.559. The fraction of sp³-hybridized carbons (Fsp3) is 0.963. The van der Waals surface area contributed by atoms with Crippen molar-refractivity contribution in [2.75, 3.05) is 0 Å². The van der Waals surface area contributed by atoms with E-state index in [-0.39, 0.29) is 5.41 Å². The van der Waals surface area contributed by atoms with Gasteiger partial charge in [0.2, 0.25) is 0 Å². The molecule has 0 aliphatic heterocycles. The summed E-state index contributed by atoms with van der Waals surface area (Å²) in [5, 5.41) is 11.0. The van der Waals surface area contributed by atoms with Crippen molar-refractivity contribution in [3.8, 4) is 0 Å². The van der Waals surface area contributed by atoms with E-state index in [2.05, 4.69) is 34.6 Å². The van der Waals surface area contributed by atoms with Crippen molar-refractivity contribution in [1.82, 2.24) is 0 Å². The first-order valence-electron chi connectivity index (χ1n) is 12.9. The van der Waals surface area contributed by atoms with Crippen LogP contribution in [0.3, 0.4) is 0 Å². The SMILES string of the molecule is CC(C)CCC[C@@H](C)[C@H]1CC[C@H]2[C@@H]3CCC4CC(=O)CC(O)[C@]4(C)[C@H]3CC[C@]12C. The monoisotopic (exact) mass is 402 g/mol. The zero-order valence-electron chi connectivity index (χ0n) is 19.8. The molecule has 0 amide bonds. The summed E-state index contributed by atoms with van der Waals surface area (Å²) in [4.78, 5) is 12.2. The molecule has 9 atom stereocenters. The van der Waals surface area contributed by atoms with E-state index in [1.165, 1.54) is 57.8 Å². The predicted molar refractivity (Wildman–Crippen MR) is 119 cm³/mol. The minimum Gasteiger partial charge on any atom is -0.392 e. The third-order valence-corrected chi connectivity index (χ3v) is 10.8. The van der Waals surface area contributed by atoms with Gasteiger partial charge in [-0.1, -0.05) is 53.9 Å². The number of hydrogen-bond acceptors (Lipinski definition) is 2. The summed E-state index contributed by atoms with van der Waals surface area (Å²) in [6, 6.07) is 0. The number of aliphatic hydroxyl groups is 1. The second-order valence-corrected chi connectivity index (χ2v) is 12.5. The molecule has 2 unspecified atom stereocenters. The molecule has 0 bridgehead atoms. The molecule has 2 heteroatoms. The number of ketones is 1. The molecular weight excluding hydrogens is 356 g/mol. The maximum Gasteiger partial charge on any atom is 0.135 e. The van der Waals surface area contributed by atoms with Crippen molar-refractivity contribution in [1.29, 1.82) is 0 Å². The second-order valence-electron chi connectivity index (χ2n) is 12.5. The van der Waals surface area contributed by atoms with Gasteiger partial charge in [-0.3, -0.25) is 4.79 Å². The molecule has 0 heterocycles. The second kappa shape index (κ2) is 7.95. The Bertz CT molecular complexity index is 612. The van der Waals surface area contributed by atoms with E-state index in [0.717, 1.165) is 36.0 Å². The van der Waals surface area contributed by atoms with Gasteiger partial charge in [0.15, 0.2) is 0 Å². The summed E-state index contributed by atoms with van der Waals surface area (Å²) in [5.41, 5.74) is 0.496. The van der Waals surface area contributed by atoms with Crippen LogP contribution in [0.4, 0.5) is 0 Å². The van der Waals surface area contributed by atoms with E-state index in [9.17, 15) is 9.90 Å². The number of hydrogen-bond donors (Lipinski definition) is 1. The molecule has 0 radical (unpaired) electrons. The van der Waals surface area contributed by atoms with Crippen LogP contribution in [-0.2, 0) is 4.79 Å². The maximum absolute atomic E-state index is 12.2. The van der Waals surface area contributed by atoms with Crippen molar-refractivity contribution in [2.24, 2.45) is 52.3 Å². The highest BCUT2D eigenvalue weighted by Crippen LogP contribution is 2.68. The molecule has 29 heavy (non-hydrogen) atoms. The minimum atomic E-state index is -0.405. The van der Waals surface area contributed by atoms with Gasteiger partial charge < -0.3 is 5.11 Å². The molecule has 0 aromatic rings. The lowest BCUT2D eigenvalue weighted by Gasteiger charge is -2.61. The van der Waals surface area contributed by atoms with Gasteiger partial charge in [0.05, 0.1) is 6.10 Å². The Morgan fingerprint density at radius 3 is 2.45 bits per heavy atom. The average Bonchev–Trinajstić information content (AvgIpc) is 3.00. The van der Waals surface area contributed by atoms with Crippen LogP contribution >= 0.6 is 0 Å². The van der Waals surface area contributed by atoms with Crippen LogP contribution in [0.25, 0.3) is 0 Å².